The molecule has 2 unspecified atom stereocenters. The molecular weight excluding hydrogens is 986 g/mol. The maximum atomic E-state index is 14.9. The SMILES string of the molecule is CC(C)(C)C(NC(=O)c1cc2cc(C(F)(F)P(=O)(O)O)ccc2s1)C(=O)N1C[C@@H](NC(=O)CCCCCC#Cc2cccc3c2CN(C2CCC(=O)NC2=O)C3=O)C[C@H]1C(=O)N1CCO[C@H](c2ccccc2)C1. The van der Waals surface area contributed by atoms with Crippen molar-refractivity contribution in [2.45, 2.75) is 115 Å². The van der Waals surface area contributed by atoms with E-state index in [4.69, 9.17) is 4.74 Å². The monoisotopic (exact) mass is 1040 g/mol. The van der Waals surface area contributed by atoms with E-state index in [0.717, 1.165) is 34.6 Å². The number of rotatable bonds is 14. The van der Waals surface area contributed by atoms with Crippen molar-refractivity contribution in [3.8, 4) is 11.8 Å². The molecule has 5 heterocycles. The van der Waals surface area contributed by atoms with Gasteiger partial charge in [-0.15, -0.1) is 11.3 Å². The Labute approximate surface area is 424 Å². The van der Waals surface area contributed by atoms with Crippen molar-refractivity contribution in [3.05, 3.63) is 105 Å². The van der Waals surface area contributed by atoms with E-state index in [1.165, 1.54) is 21.9 Å². The normalized spacial score (nSPS) is 20.8. The van der Waals surface area contributed by atoms with E-state index in [1.807, 2.05) is 36.4 Å². The van der Waals surface area contributed by atoms with Crippen LogP contribution in [0.3, 0.4) is 0 Å². The van der Waals surface area contributed by atoms with E-state index in [9.17, 15) is 56.7 Å². The first-order chi connectivity index (χ1) is 34.6. The molecule has 0 saturated carbocycles. The highest BCUT2D eigenvalue weighted by Crippen LogP contribution is 2.59. The van der Waals surface area contributed by atoms with Gasteiger partial charge in [-0.05, 0) is 77.9 Å². The Bertz CT molecular complexity index is 2950. The Morgan fingerprint density at radius 1 is 0.973 bits per heavy atom. The maximum absolute atomic E-state index is 14.9. The number of morpholine rings is 1. The Morgan fingerprint density at radius 3 is 2.47 bits per heavy atom. The number of benzene rings is 3. The van der Waals surface area contributed by atoms with Crippen LogP contribution < -0.4 is 16.0 Å². The lowest BCUT2D eigenvalue weighted by atomic mass is 9.85. The third-order valence-electron chi connectivity index (χ3n) is 13.6. The molecule has 7 amide bonds. The number of halogens is 2. The lowest BCUT2D eigenvalue weighted by molar-refractivity contribution is -0.150. The number of carbonyl (C=O) groups is 7. The minimum atomic E-state index is -5.85. The number of carbonyl (C=O) groups excluding carboxylic acids is 7. The van der Waals surface area contributed by atoms with Gasteiger partial charge >= 0.3 is 13.3 Å². The predicted molar refractivity (Wildman–Crippen MR) is 265 cm³/mol. The van der Waals surface area contributed by atoms with Gasteiger partial charge < -0.3 is 39.9 Å². The zero-order valence-corrected chi connectivity index (χ0v) is 42.2. The number of alkyl halides is 2. The van der Waals surface area contributed by atoms with Crippen molar-refractivity contribution < 1.29 is 61.4 Å². The minimum absolute atomic E-state index is 0.0228. The second-order valence-corrected chi connectivity index (χ2v) is 22.6. The molecule has 0 radical (unpaired) electrons. The Balaban J connectivity index is 0.907. The number of amides is 7. The highest BCUT2D eigenvalue weighted by atomic mass is 32.1. The van der Waals surface area contributed by atoms with Crippen LogP contribution >= 0.6 is 18.9 Å². The molecule has 17 nitrogen and oxygen atoms in total. The molecule has 0 bridgehead atoms. The number of likely N-dealkylation sites (tertiary alicyclic amines) is 1. The molecule has 0 spiro atoms. The topological polar surface area (TPSA) is 232 Å². The molecule has 5 atom stereocenters. The summed E-state index contributed by atoms with van der Waals surface area (Å²) in [6.45, 7) is 6.19. The van der Waals surface area contributed by atoms with Gasteiger partial charge in [0.2, 0.25) is 29.5 Å². The average molecular weight is 1040 g/mol. The van der Waals surface area contributed by atoms with Crippen molar-refractivity contribution in [2.24, 2.45) is 5.41 Å². The number of nitrogens with zero attached hydrogens (tertiary/aromatic N) is 3. The van der Waals surface area contributed by atoms with Gasteiger partial charge in [0.1, 0.15) is 24.2 Å². The van der Waals surface area contributed by atoms with E-state index in [-0.39, 0.29) is 92.4 Å². The molecule has 3 aromatic carbocycles. The molecule has 8 rings (SSSR count). The van der Waals surface area contributed by atoms with E-state index in [1.54, 1.807) is 37.8 Å². The standard InChI is InChI=1S/C52H57F2N6O11PS/c1-51(2,3)45(57-47(64)42-26-33-25-34(19-21-41(33)73-42)52(53,54)72(68,69)70)50(67)59-28-35(27-39(59)49(66)58-23-24-71-40(30-58)32-14-9-7-10-15-32)55-43(61)18-11-6-4-5-8-13-31-16-12-17-36-37(31)29-60(48(36)65)38-20-22-44(62)56-46(38)63/h7,9-10,12,14-17,19,21,25-26,35,38-40,45H,4-6,11,18,20,22-24,27-30H2,1-3H3,(H,55,61)(H,57,64)(H,56,62,63)(H2,68,69,70)/t35-,38?,39-,40-,45?/m0/s1. The minimum Gasteiger partial charge on any atom is -0.370 e. The summed E-state index contributed by atoms with van der Waals surface area (Å²) in [5, 5.41) is 8.31. The smallest absolute Gasteiger partial charge is 0.370 e. The number of hydrogen-bond acceptors (Lipinski definition) is 10. The number of imide groups is 1. The largest absolute Gasteiger partial charge is 0.399 e. The van der Waals surface area contributed by atoms with Crippen LogP contribution in [0.2, 0.25) is 0 Å². The first-order valence-electron chi connectivity index (χ1n) is 24.2. The number of unbranched alkanes of at least 4 members (excludes halogenated alkanes) is 3. The Morgan fingerprint density at radius 2 is 1.74 bits per heavy atom. The summed E-state index contributed by atoms with van der Waals surface area (Å²) in [4.78, 5) is 117. The molecule has 73 heavy (non-hydrogen) atoms. The quantitative estimate of drug-likeness (QED) is 0.0444. The maximum Gasteiger partial charge on any atom is 0.399 e. The van der Waals surface area contributed by atoms with Crippen LogP contribution in [0.25, 0.3) is 10.1 Å². The fourth-order valence-corrected chi connectivity index (χ4v) is 11.1. The number of piperidine rings is 1. The van der Waals surface area contributed by atoms with Gasteiger partial charge in [0.25, 0.3) is 11.8 Å². The molecule has 4 aromatic rings. The third kappa shape index (κ3) is 11.7. The summed E-state index contributed by atoms with van der Waals surface area (Å²) in [6.07, 6.45) is 2.75. The molecule has 4 aliphatic heterocycles. The molecule has 21 heteroatoms. The van der Waals surface area contributed by atoms with Gasteiger partial charge in [-0.3, -0.25) is 43.4 Å². The van der Waals surface area contributed by atoms with Crippen LogP contribution in [0.1, 0.15) is 121 Å². The highest BCUT2D eigenvalue weighted by molar-refractivity contribution is 7.52. The van der Waals surface area contributed by atoms with Crippen molar-refractivity contribution in [3.63, 3.8) is 0 Å². The van der Waals surface area contributed by atoms with Crippen LogP contribution in [-0.4, -0.2) is 116 Å². The first kappa shape index (κ1) is 52.9. The zero-order valence-electron chi connectivity index (χ0n) is 40.5. The fourth-order valence-electron chi connectivity index (χ4n) is 9.71. The third-order valence-corrected chi connectivity index (χ3v) is 15.7. The number of nitrogens with one attached hydrogen (secondary N) is 3. The van der Waals surface area contributed by atoms with Crippen molar-refractivity contribution in [2.75, 3.05) is 26.2 Å². The summed E-state index contributed by atoms with van der Waals surface area (Å²) < 4.78 is 47.1. The number of ether oxygens (including phenoxy) is 1. The lowest BCUT2D eigenvalue weighted by Gasteiger charge is -2.38. The molecule has 4 aliphatic rings. The van der Waals surface area contributed by atoms with Crippen molar-refractivity contribution in [1.29, 1.82) is 0 Å². The summed E-state index contributed by atoms with van der Waals surface area (Å²) in [5.41, 5.74) is -3.50. The van der Waals surface area contributed by atoms with Crippen LogP contribution in [0.15, 0.2) is 72.8 Å². The first-order valence-corrected chi connectivity index (χ1v) is 26.6. The van der Waals surface area contributed by atoms with Crippen LogP contribution in [0.4, 0.5) is 8.78 Å². The van der Waals surface area contributed by atoms with Gasteiger partial charge in [0, 0.05) is 66.3 Å². The molecule has 0 aliphatic carbocycles. The summed E-state index contributed by atoms with van der Waals surface area (Å²) in [6, 6.07) is 15.6. The Hall–Kier alpha value is -6.36. The summed E-state index contributed by atoms with van der Waals surface area (Å²) >= 11 is 0.945. The van der Waals surface area contributed by atoms with Gasteiger partial charge in [-0.25, -0.2) is 0 Å². The zero-order chi connectivity index (χ0) is 52.4. The lowest BCUT2D eigenvalue weighted by Crippen LogP contribution is -2.58. The van der Waals surface area contributed by atoms with E-state index in [2.05, 4.69) is 27.8 Å². The molecule has 1 aromatic heterocycles. The number of fused-ring (bicyclic) bond motifs is 2. The van der Waals surface area contributed by atoms with Crippen molar-refractivity contribution in [1.82, 2.24) is 30.7 Å². The summed E-state index contributed by atoms with van der Waals surface area (Å²) in [5.74, 6) is 3.37. The van der Waals surface area contributed by atoms with Crippen LogP contribution in [0, 0.1) is 17.3 Å². The van der Waals surface area contributed by atoms with E-state index in [0.29, 0.717) is 41.5 Å². The molecule has 3 saturated heterocycles. The number of hydrogen-bond donors (Lipinski definition) is 5. The Kier molecular flexibility index (Phi) is 15.7. The second-order valence-electron chi connectivity index (χ2n) is 19.9. The van der Waals surface area contributed by atoms with Crippen LogP contribution in [-0.2, 0) is 45.5 Å². The summed E-state index contributed by atoms with van der Waals surface area (Å²) in [7, 11) is -5.85. The van der Waals surface area contributed by atoms with E-state index >= 15 is 0 Å². The molecular formula is C52H57F2N6O11PS. The van der Waals surface area contributed by atoms with Gasteiger partial charge in [0.05, 0.1) is 18.0 Å². The molecule has 3 fully saturated rings. The highest BCUT2D eigenvalue weighted by Gasteiger charge is 2.51. The fraction of sp³-hybridized carbons (Fsp3) is 0.442. The predicted octanol–water partition coefficient (Wildman–Crippen LogP) is 5.72. The second kappa shape index (κ2) is 21.6. The molecule has 386 valence electrons. The van der Waals surface area contributed by atoms with Crippen LogP contribution in [0.5, 0.6) is 0 Å². The molecule has 5 N–H and O–H groups in total. The van der Waals surface area contributed by atoms with Crippen molar-refractivity contribution >= 4 is 70.4 Å². The average Bonchev–Trinajstić information content (AvgIpc) is 4.07. The number of thiophene rings is 1. The van der Waals surface area contributed by atoms with Gasteiger partial charge in [-0.2, -0.15) is 8.78 Å². The van der Waals surface area contributed by atoms with Gasteiger partial charge in [-0.1, -0.05) is 81.5 Å². The van der Waals surface area contributed by atoms with Gasteiger partial charge in [0.15, 0.2) is 0 Å². The van der Waals surface area contributed by atoms with E-state index < -0.39 is 72.2 Å².